The van der Waals surface area contributed by atoms with Crippen LogP contribution in [0.15, 0.2) is 58.8 Å². The highest BCUT2D eigenvalue weighted by atomic mass is 16.3. The van der Waals surface area contributed by atoms with E-state index in [4.69, 9.17) is 0 Å². The minimum Gasteiger partial charge on any atom is -0.493 e. The summed E-state index contributed by atoms with van der Waals surface area (Å²) in [6.07, 6.45) is 0. The molecular weight excluding hydrogens is 262 g/mol. The van der Waals surface area contributed by atoms with Crippen LogP contribution in [0, 0.1) is 0 Å². The van der Waals surface area contributed by atoms with Gasteiger partial charge in [-0.25, -0.2) is 0 Å². The lowest BCUT2D eigenvalue weighted by molar-refractivity contribution is 0.459. The molecule has 0 aliphatic carbocycles. The van der Waals surface area contributed by atoms with Crippen LogP contribution >= 0.6 is 0 Å². The third-order valence-corrected chi connectivity index (χ3v) is 3.48. The predicted octanol–water partition coefficient (Wildman–Crippen LogP) is 5.41. The lowest BCUT2D eigenvalue weighted by Gasteiger charge is -2.03. The van der Waals surface area contributed by atoms with Gasteiger partial charge in [0.25, 0.3) is 0 Å². The molecule has 0 fully saturated rings. The van der Waals surface area contributed by atoms with E-state index in [0.29, 0.717) is 11.6 Å². The summed E-state index contributed by atoms with van der Waals surface area (Å²) in [5.41, 5.74) is 3.35. The van der Waals surface area contributed by atoms with Crippen LogP contribution in [0.4, 0.5) is 11.4 Å². The fourth-order valence-electron chi connectivity index (χ4n) is 2.25. The molecule has 0 radical (unpaired) electrons. The highest BCUT2D eigenvalue weighted by molar-refractivity contribution is 5.94. The van der Waals surface area contributed by atoms with Crippen LogP contribution in [0.1, 0.15) is 25.3 Å². The minimum absolute atomic E-state index is 0.0405. The summed E-state index contributed by atoms with van der Waals surface area (Å²) in [4.78, 5) is 2.89. The van der Waals surface area contributed by atoms with E-state index in [2.05, 4.69) is 29.1 Å². The van der Waals surface area contributed by atoms with Gasteiger partial charge in [-0.05, 0) is 29.7 Å². The number of H-pyrrole nitrogens is 1. The van der Waals surface area contributed by atoms with Gasteiger partial charge in [0.1, 0.15) is 0 Å². The second-order valence-corrected chi connectivity index (χ2v) is 5.31. The van der Waals surface area contributed by atoms with Crippen molar-refractivity contribution in [2.45, 2.75) is 19.8 Å². The van der Waals surface area contributed by atoms with Crippen LogP contribution in [0.25, 0.3) is 10.9 Å². The fourth-order valence-corrected chi connectivity index (χ4v) is 2.25. The Morgan fingerprint density at radius 2 is 1.67 bits per heavy atom. The standard InChI is InChI=1S/C17H17N3O/c1-11(2)12-7-9-13(10-8-12)19-20-16-14-5-3-4-6-15(14)18-17(16)21/h3-11,18,21H,1-2H3. The highest BCUT2D eigenvalue weighted by Gasteiger charge is 2.09. The van der Waals surface area contributed by atoms with Crippen LogP contribution in [0.5, 0.6) is 5.88 Å². The summed E-state index contributed by atoms with van der Waals surface area (Å²) in [5, 5.41) is 19.2. The number of aromatic nitrogens is 1. The molecule has 1 heterocycles. The molecule has 4 nitrogen and oxygen atoms in total. The molecule has 2 aromatic carbocycles. The van der Waals surface area contributed by atoms with E-state index in [1.54, 1.807) is 0 Å². The maximum atomic E-state index is 9.92. The fraction of sp³-hybridized carbons (Fsp3) is 0.176. The van der Waals surface area contributed by atoms with Gasteiger partial charge in [-0.15, -0.1) is 5.11 Å². The molecule has 2 N–H and O–H groups in total. The molecule has 0 amide bonds. The average molecular weight is 279 g/mol. The normalized spacial score (nSPS) is 11.8. The number of hydrogen-bond donors (Lipinski definition) is 2. The number of nitrogens with zero attached hydrogens (tertiary/aromatic N) is 2. The first kappa shape index (κ1) is 13.4. The van der Waals surface area contributed by atoms with Gasteiger partial charge in [0.15, 0.2) is 5.69 Å². The largest absolute Gasteiger partial charge is 0.493 e. The van der Waals surface area contributed by atoms with Crippen molar-refractivity contribution in [3.8, 4) is 5.88 Å². The van der Waals surface area contributed by atoms with Crippen molar-refractivity contribution in [3.63, 3.8) is 0 Å². The number of azo groups is 1. The van der Waals surface area contributed by atoms with E-state index >= 15 is 0 Å². The number of para-hydroxylation sites is 1. The Balaban J connectivity index is 1.92. The van der Waals surface area contributed by atoms with E-state index in [0.717, 1.165) is 16.6 Å². The van der Waals surface area contributed by atoms with Gasteiger partial charge in [0, 0.05) is 5.39 Å². The molecule has 0 saturated carbocycles. The molecule has 3 aromatic rings. The maximum absolute atomic E-state index is 9.92. The van der Waals surface area contributed by atoms with Crippen LogP contribution in [-0.2, 0) is 0 Å². The Morgan fingerprint density at radius 1 is 0.952 bits per heavy atom. The number of hydrogen-bond acceptors (Lipinski definition) is 3. The second kappa shape index (κ2) is 5.40. The number of nitrogens with one attached hydrogen (secondary N) is 1. The zero-order chi connectivity index (χ0) is 14.8. The maximum Gasteiger partial charge on any atom is 0.218 e. The molecule has 0 atom stereocenters. The van der Waals surface area contributed by atoms with Crippen molar-refractivity contribution in [2.24, 2.45) is 10.2 Å². The Kier molecular flexibility index (Phi) is 3.44. The summed E-state index contributed by atoms with van der Waals surface area (Å²) in [5.74, 6) is 0.535. The minimum atomic E-state index is 0.0405. The van der Waals surface area contributed by atoms with Gasteiger partial charge < -0.3 is 10.1 Å². The smallest absolute Gasteiger partial charge is 0.218 e. The summed E-state index contributed by atoms with van der Waals surface area (Å²) < 4.78 is 0. The summed E-state index contributed by atoms with van der Waals surface area (Å²) in [6.45, 7) is 4.31. The van der Waals surface area contributed by atoms with Crippen LogP contribution < -0.4 is 0 Å². The van der Waals surface area contributed by atoms with Gasteiger partial charge in [0.2, 0.25) is 5.88 Å². The molecule has 0 unspecified atom stereocenters. The SMILES string of the molecule is CC(C)c1ccc(N=Nc2c(O)[nH]c3ccccc23)cc1. The van der Waals surface area contributed by atoms with Gasteiger partial charge >= 0.3 is 0 Å². The van der Waals surface area contributed by atoms with Crippen molar-refractivity contribution >= 4 is 22.3 Å². The number of aromatic hydroxyl groups is 1. The quantitative estimate of drug-likeness (QED) is 0.618. The van der Waals surface area contributed by atoms with Crippen molar-refractivity contribution in [1.82, 2.24) is 4.98 Å². The first-order chi connectivity index (χ1) is 10.1. The van der Waals surface area contributed by atoms with Gasteiger partial charge in [-0.1, -0.05) is 44.2 Å². The van der Waals surface area contributed by atoms with Crippen molar-refractivity contribution in [3.05, 3.63) is 54.1 Å². The molecule has 3 rings (SSSR count). The molecular formula is C17H17N3O. The molecule has 0 aliphatic rings. The highest BCUT2D eigenvalue weighted by Crippen LogP contribution is 2.36. The van der Waals surface area contributed by atoms with Crippen molar-refractivity contribution in [1.29, 1.82) is 0 Å². The van der Waals surface area contributed by atoms with E-state index in [1.165, 1.54) is 5.56 Å². The first-order valence-corrected chi connectivity index (χ1v) is 6.96. The Labute approximate surface area is 123 Å². The molecule has 1 aromatic heterocycles. The Hall–Kier alpha value is -2.62. The number of benzene rings is 2. The van der Waals surface area contributed by atoms with E-state index in [-0.39, 0.29) is 5.88 Å². The van der Waals surface area contributed by atoms with Crippen LogP contribution in [0.3, 0.4) is 0 Å². The summed E-state index contributed by atoms with van der Waals surface area (Å²) in [7, 11) is 0. The molecule has 4 heteroatoms. The van der Waals surface area contributed by atoms with Gasteiger partial charge in [-0.3, -0.25) is 0 Å². The monoisotopic (exact) mass is 279 g/mol. The Bertz CT molecular complexity index is 785. The summed E-state index contributed by atoms with van der Waals surface area (Å²) >= 11 is 0. The van der Waals surface area contributed by atoms with E-state index in [1.807, 2.05) is 48.5 Å². The molecule has 0 saturated heterocycles. The first-order valence-electron chi connectivity index (χ1n) is 6.96. The molecule has 0 bridgehead atoms. The number of rotatable bonds is 3. The number of fused-ring (bicyclic) bond motifs is 1. The molecule has 0 spiro atoms. The lowest BCUT2D eigenvalue weighted by Crippen LogP contribution is -1.84. The predicted molar refractivity (Wildman–Crippen MR) is 84.7 cm³/mol. The second-order valence-electron chi connectivity index (χ2n) is 5.31. The van der Waals surface area contributed by atoms with Crippen molar-refractivity contribution < 1.29 is 5.11 Å². The zero-order valence-electron chi connectivity index (χ0n) is 12.0. The number of aromatic amines is 1. The zero-order valence-corrected chi connectivity index (χ0v) is 12.0. The third kappa shape index (κ3) is 2.65. The topological polar surface area (TPSA) is 60.7 Å². The van der Waals surface area contributed by atoms with Gasteiger partial charge in [-0.2, -0.15) is 5.11 Å². The van der Waals surface area contributed by atoms with E-state index in [9.17, 15) is 5.11 Å². The molecule has 106 valence electrons. The summed E-state index contributed by atoms with van der Waals surface area (Å²) in [6, 6.07) is 15.6. The van der Waals surface area contributed by atoms with Crippen LogP contribution in [-0.4, -0.2) is 10.1 Å². The third-order valence-electron chi connectivity index (χ3n) is 3.48. The lowest BCUT2D eigenvalue weighted by atomic mass is 10.0. The Morgan fingerprint density at radius 3 is 2.38 bits per heavy atom. The van der Waals surface area contributed by atoms with Crippen LogP contribution in [0.2, 0.25) is 0 Å². The van der Waals surface area contributed by atoms with E-state index < -0.39 is 0 Å². The van der Waals surface area contributed by atoms with Crippen molar-refractivity contribution in [2.75, 3.05) is 0 Å². The van der Waals surface area contributed by atoms with Gasteiger partial charge in [0.05, 0.1) is 11.2 Å². The average Bonchev–Trinajstić information content (AvgIpc) is 2.81. The molecule has 0 aliphatic heterocycles. The molecule has 21 heavy (non-hydrogen) atoms.